The van der Waals surface area contributed by atoms with Gasteiger partial charge in [-0.05, 0) is 20.8 Å². The molecule has 0 aliphatic rings. The standard InChI is InChI=1S/C13H22N.ClH2/c1-4-14(5-2,6-3)12-13-10-8-7-9-11-13;/h7-11H,4-6,12H2,1-3H3;1H2/q2*+1. The maximum atomic E-state index is 2.29. The van der Waals surface area contributed by atoms with Crippen LogP contribution in [0.1, 0.15) is 26.3 Å². The van der Waals surface area contributed by atoms with Gasteiger partial charge < -0.3 is 4.48 Å². The average molecular weight is 230 g/mol. The molecule has 0 aliphatic carbocycles. The third kappa shape index (κ3) is 3.84. The van der Waals surface area contributed by atoms with E-state index in [4.69, 9.17) is 0 Å². The van der Waals surface area contributed by atoms with E-state index in [1.807, 2.05) is 0 Å². The highest BCUT2D eigenvalue weighted by Crippen LogP contribution is 2.13. The molecule has 0 amide bonds. The minimum absolute atomic E-state index is 0. The first-order valence-corrected chi connectivity index (χ1v) is 5.65. The molecule has 0 N–H and O–H groups in total. The van der Waals surface area contributed by atoms with E-state index in [1.165, 1.54) is 36.2 Å². The first kappa shape index (κ1) is 14.5. The van der Waals surface area contributed by atoms with E-state index in [2.05, 4.69) is 51.1 Å². The Morgan fingerprint density at radius 2 is 1.33 bits per heavy atom. The Morgan fingerprint density at radius 3 is 1.73 bits per heavy atom. The largest absolute Gasteiger partial charge is 0.321 e. The van der Waals surface area contributed by atoms with Crippen molar-refractivity contribution < 1.29 is 16.9 Å². The quantitative estimate of drug-likeness (QED) is 0.681. The monoisotopic (exact) mass is 229 g/mol. The van der Waals surface area contributed by atoms with E-state index in [0.29, 0.717) is 0 Å². The maximum absolute atomic E-state index is 2.29. The topological polar surface area (TPSA) is 0 Å². The zero-order valence-corrected chi connectivity index (χ0v) is 11.0. The molecule has 0 spiro atoms. The summed E-state index contributed by atoms with van der Waals surface area (Å²) in [5.74, 6) is 0. The van der Waals surface area contributed by atoms with Crippen LogP contribution in [-0.4, -0.2) is 24.1 Å². The van der Waals surface area contributed by atoms with Crippen LogP contribution in [0.5, 0.6) is 0 Å². The van der Waals surface area contributed by atoms with Gasteiger partial charge in [-0.3, -0.25) is 0 Å². The van der Waals surface area contributed by atoms with Crippen molar-refractivity contribution in [2.75, 3.05) is 19.6 Å². The van der Waals surface area contributed by atoms with Crippen molar-refractivity contribution in [3.05, 3.63) is 35.9 Å². The molecule has 15 heavy (non-hydrogen) atoms. The molecule has 0 aliphatic heterocycles. The van der Waals surface area contributed by atoms with E-state index >= 15 is 0 Å². The summed E-state index contributed by atoms with van der Waals surface area (Å²) in [5, 5.41) is 0. The fraction of sp³-hybridized carbons (Fsp3) is 0.538. The molecule has 0 saturated carbocycles. The van der Waals surface area contributed by atoms with Gasteiger partial charge in [0.05, 0.1) is 32.0 Å². The molecule has 1 rings (SSSR count). The van der Waals surface area contributed by atoms with Gasteiger partial charge in [-0.1, -0.05) is 30.3 Å². The Labute approximate surface area is 100 Å². The van der Waals surface area contributed by atoms with Crippen molar-refractivity contribution in [1.29, 1.82) is 0 Å². The van der Waals surface area contributed by atoms with Gasteiger partial charge in [0.2, 0.25) is 0 Å². The van der Waals surface area contributed by atoms with Crippen LogP contribution in [0.25, 0.3) is 0 Å². The summed E-state index contributed by atoms with van der Waals surface area (Å²) in [6.07, 6.45) is 0. The molecule has 0 bridgehead atoms. The number of nitrogens with zero attached hydrogens (tertiary/aromatic N) is 1. The zero-order chi connectivity index (χ0) is 10.4. The lowest BCUT2D eigenvalue weighted by Gasteiger charge is -2.35. The minimum Gasteiger partial charge on any atom is -0.321 e. The van der Waals surface area contributed by atoms with E-state index < -0.39 is 0 Å². The molecule has 0 heterocycles. The summed E-state index contributed by atoms with van der Waals surface area (Å²) in [5.41, 5.74) is 1.46. The Hall–Kier alpha value is -0.530. The molecule has 2 heteroatoms. The van der Waals surface area contributed by atoms with Gasteiger partial charge in [-0.2, -0.15) is 0 Å². The molecule has 0 radical (unpaired) electrons. The van der Waals surface area contributed by atoms with E-state index in [1.54, 1.807) is 0 Å². The summed E-state index contributed by atoms with van der Waals surface area (Å²) in [6, 6.07) is 10.8. The predicted molar refractivity (Wildman–Crippen MR) is 64.8 cm³/mol. The highest BCUT2D eigenvalue weighted by molar-refractivity contribution is 5.13. The van der Waals surface area contributed by atoms with Gasteiger partial charge in [-0.15, -0.1) is 0 Å². The lowest BCUT2D eigenvalue weighted by Crippen LogP contribution is -2.46. The third-order valence-electron chi connectivity index (χ3n) is 3.37. The van der Waals surface area contributed by atoms with Gasteiger partial charge in [0.1, 0.15) is 6.54 Å². The average Bonchev–Trinajstić information content (AvgIpc) is 2.28. The molecule has 1 aromatic rings. The van der Waals surface area contributed by atoms with E-state index in [0.717, 1.165) is 0 Å². The van der Waals surface area contributed by atoms with E-state index in [9.17, 15) is 0 Å². The molecule has 0 fully saturated rings. The maximum Gasteiger partial charge on any atom is 0.104 e. The smallest absolute Gasteiger partial charge is 0.104 e. The highest BCUT2D eigenvalue weighted by Gasteiger charge is 2.20. The van der Waals surface area contributed by atoms with Crippen molar-refractivity contribution in [3.8, 4) is 0 Å². The summed E-state index contributed by atoms with van der Waals surface area (Å²) in [6.45, 7) is 11.7. The molecule has 0 saturated heterocycles. The van der Waals surface area contributed by atoms with Crippen LogP contribution >= 0.6 is 0 Å². The lowest BCUT2D eigenvalue weighted by molar-refractivity contribution is -0.936. The number of halogens is 1. The second-order valence-corrected chi connectivity index (χ2v) is 3.93. The van der Waals surface area contributed by atoms with Crippen molar-refractivity contribution >= 4 is 0 Å². The summed E-state index contributed by atoms with van der Waals surface area (Å²) in [7, 11) is 0. The Morgan fingerprint density at radius 1 is 0.867 bits per heavy atom. The fourth-order valence-corrected chi connectivity index (χ4v) is 1.98. The summed E-state index contributed by atoms with van der Waals surface area (Å²) in [4.78, 5) is 0. The molecule has 0 unspecified atom stereocenters. The fourth-order valence-electron chi connectivity index (χ4n) is 1.98. The molecule has 1 aromatic carbocycles. The van der Waals surface area contributed by atoms with Crippen LogP contribution < -0.4 is 0 Å². The molecule has 0 atom stereocenters. The van der Waals surface area contributed by atoms with Crippen LogP contribution in [0, 0.1) is 12.4 Å². The number of quaternary nitrogens is 1. The van der Waals surface area contributed by atoms with Crippen LogP contribution in [0.4, 0.5) is 0 Å². The SMILES string of the molecule is CC[N+](CC)(CC)Cc1ccccc1.[ClH2+]. The van der Waals surface area contributed by atoms with E-state index in [-0.39, 0.29) is 12.4 Å². The molecule has 1 nitrogen and oxygen atoms in total. The number of hydrogen-bond donors (Lipinski definition) is 0. The Kier molecular flexibility index (Phi) is 6.62. The summed E-state index contributed by atoms with van der Waals surface area (Å²) < 4.78 is 1.20. The van der Waals surface area contributed by atoms with Crippen molar-refractivity contribution in [2.45, 2.75) is 27.3 Å². The van der Waals surface area contributed by atoms with Gasteiger partial charge in [0.15, 0.2) is 0 Å². The summed E-state index contributed by atoms with van der Waals surface area (Å²) >= 11 is 0. The Bertz CT molecular complexity index is 246. The van der Waals surface area contributed by atoms with Gasteiger partial charge in [-0.25, -0.2) is 0 Å². The van der Waals surface area contributed by atoms with Crippen LogP contribution in [0.2, 0.25) is 0 Å². The van der Waals surface area contributed by atoms with Crippen molar-refractivity contribution in [1.82, 2.24) is 0 Å². The Balaban J connectivity index is 0.00000196. The molecular weight excluding hydrogens is 206 g/mol. The van der Waals surface area contributed by atoms with Crippen LogP contribution in [0.15, 0.2) is 30.3 Å². The minimum atomic E-state index is 0. The first-order valence-electron chi connectivity index (χ1n) is 5.65. The first-order chi connectivity index (χ1) is 6.76. The number of benzene rings is 1. The molecule has 0 aromatic heterocycles. The predicted octanol–water partition coefficient (Wildman–Crippen LogP) is 2.53. The second kappa shape index (κ2) is 6.86. The van der Waals surface area contributed by atoms with Crippen molar-refractivity contribution in [2.24, 2.45) is 0 Å². The van der Waals surface area contributed by atoms with Gasteiger partial charge in [0.25, 0.3) is 0 Å². The van der Waals surface area contributed by atoms with Crippen molar-refractivity contribution in [3.63, 3.8) is 0 Å². The molecular formula is C13H24ClN+2. The number of rotatable bonds is 5. The zero-order valence-electron chi connectivity index (χ0n) is 10.1. The molecule has 86 valence electrons. The van der Waals surface area contributed by atoms with Gasteiger partial charge >= 0.3 is 0 Å². The highest BCUT2D eigenvalue weighted by atomic mass is 35.5. The number of hydrogen-bond acceptors (Lipinski definition) is 0. The van der Waals surface area contributed by atoms with Crippen LogP contribution in [-0.2, 0) is 6.54 Å². The second-order valence-electron chi connectivity index (χ2n) is 3.93. The van der Waals surface area contributed by atoms with Crippen LogP contribution in [0.3, 0.4) is 0 Å². The lowest BCUT2D eigenvalue weighted by atomic mass is 10.2. The van der Waals surface area contributed by atoms with Gasteiger partial charge in [0, 0.05) is 5.56 Å². The third-order valence-corrected chi connectivity index (χ3v) is 3.37. The normalized spacial score (nSPS) is 10.9.